The van der Waals surface area contributed by atoms with Crippen molar-refractivity contribution in [2.45, 2.75) is 0 Å². The number of fused-ring (bicyclic) bond motifs is 1. The fraction of sp³-hybridized carbons (Fsp3) is 0. The third-order valence-corrected chi connectivity index (χ3v) is 2.95. The molecule has 3 nitrogen and oxygen atoms in total. The van der Waals surface area contributed by atoms with E-state index >= 15 is 0 Å². The molecule has 3 heteroatoms. The van der Waals surface area contributed by atoms with Gasteiger partial charge in [0.1, 0.15) is 5.75 Å². The summed E-state index contributed by atoms with van der Waals surface area (Å²) in [6.07, 6.45) is 1.68. The summed E-state index contributed by atoms with van der Waals surface area (Å²) in [5, 5.41) is 10.4. The van der Waals surface area contributed by atoms with Gasteiger partial charge in [-0.3, -0.25) is 9.36 Å². The normalized spacial score (nSPS) is 10.7. The predicted molar refractivity (Wildman–Crippen MR) is 69.8 cm³/mol. The first-order valence-corrected chi connectivity index (χ1v) is 5.66. The average Bonchev–Trinajstić information content (AvgIpc) is 2.84. The third kappa shape index (κ3) is 1.57. The topological polar surface area (TPSA) is 42.2 Å². The average molecular weight is 237 g/mol. The highest BCUT2D eigenvalue weighted by Crippen LogP contribution is 2.25. The molecule has 0 bridgehead atoms. The van der Waals surface area contributed by atoms with E-state index in [4.69, 9.17) is 0 Å². The van der Waals surface area contributed by atoms with E-state index in [1.165, 1.54) is 0 Å². The molecule has 0 aliphatic carbocycles. The van der Waals surface area contributed by atoms with Crippen LogP contribution in [0.15, 0.2) is 60.8 Å². The van der Waals surface area contributed by atoms with Gasteiger partial charge in [-0.15, -0.1) is 0 Å². The number of carbonyl (C=O) groups is 1. The minimum atomic E-state index is -0.101. The van der Waals surface area contributed by atoms with Crippen molar-refractivity contribution in [2.75, 3.05) is 0 Å². The van der Waals surface area contributed by atoms with Crippen LogP contribution in [0.2, 0.25) is 0 Å². The van der Waals surface area contributed by atoms with Crippen molar-refractivity contribution in [3.05, 3.63) is 66.4 Å². The molecular weight excluding hydrogens is 226 g/mol. The molecule has 1 heterocycles. The summed E-state index contributed by atoms with van der Waals surface area (Å²) in [6, 6.07) is 16.0. The summed E-state index contributed by atoms with van der Waals surface area (Å²) >= 11 is 0. The van der Waals surface area contributed by atoms with Gasteiger partial charge in [-0.1, -0.05) is 24.3 Å². The van der Waals surface area contributed by atoms with E-state index in [1.54, 1.807) is 41.1 Å². The lowest BCUT2D eigenvalue weighted by atomic mass is 10.2. The zero-order chi connectivity index (χ0) is 12.5. The van der Waals surface area contributed by atoms with Crippen molar-refractivity contribution in [3.63, 3.8) is 0 Å². The van der Waals surface area contributed by atoms with Gasteiger partial charge in [-0.2, -0.15) is 0 Å². The van der Waals surface area contributed by atoms with E-state index in [0.717, 1.165) is 0 Å². The van der Waals surface area contributed by atoms with Gasteiger partial charge in [0.15, 0.2) is 0 Å². The van der Waals surface area contributed by atoms with Crippen LogP contribution in [0.5, 0.6) is 5.75 Å². The van der Waals surface area contributed by atoms with Crippen LogP contribution >= 0.6 is 0 Å². The molecule has 0 unspecified atom stereocenters. The zero-order valence-corrected chi connectivity index (χ0v) is 9.58. The molecule has 0 atom stereocenters. The number of hydrogen-bond acceptors (Lipinski definition) is 2. The molecule has 0 saturated carbocycles. The lowest BCUT2D eigenvalue weighted by Gasteiger charge is -2.04. The SMILES string of the molecule is O=C(c1ccccc1)n1ccc2c(O)cccc21. The van der Waals surface area contributed by atoms with E-state index < -0.39 is 0 Å². The summed E-state index contributed by atoms with van der Waals surface area (Å²) in [7, 11) is 0. The Morgan fingerprint density at radius 3 is 2.50 bits per heavy atom. The van der Waals surface area contributed by atoms with Gasteiger partial charge in [0, 0.05) is 17.1 Å². The van der Waals surface area contributed by atoms with Crippen molar-refractivity contribution in [1.29, 1.82) is 0 Å². The molecular formula is C15H11NO2. The molecule has 3 rings (SSSR count). The molecule has 1 N–H and O–H groups in total. The molecule has 0 aliphatic rings. The smallest absolute Gasteiger partial charge is 0.262 e. The summed E-state index contributed by atoms with van der Waals surface area (Å²) < 4.78 is 1.55. The number of aromatic hydroxyl groups is 1. The molecule has 0 radical (unpaired) electrons. The van der Waals surface area contributed by atoms with E-state index in [2.05, 4.69) is 0 Å². The second-order valence-electron chi connectivity index (χ2n) is 4.07. The molecule has 88 valence electrons. The molecule has 18 heavy (non-hydrogen) atoms. The lowest BCUT2D eigenvalue weighted by Crippen LogP contribution is -2.10. The fourth-order valence-corrected chi connectivity index (χ4v) is 2.05. The largest absolute Gasteiger partial charge is 0.507 e. The Morgan fingerprint density at radius 2 is 1.72 bits per heavy atom. The van der Waals surface area contributed by atoms with Gasteiger partial charge < -0.3 is 5.11 Å². The second kappa shape index (κ2) is 4.04. The molecule has 0 amide bonds. The van der Waals surface area contributed by atoms with E-state index in [9.17, 15) is 9.90 Å². The Morgan fingerprint density at radius 1 is 0.944 bits per heavy atom. The number of phenols is 1. The first-order valence-electron chi connectivity index (χ1n) is 5.66. The molecule has 0 aliphatic heterocycles. The Balaban J connectivity index is 2.16. The highest BCUT2D eigenvalue weighted by Gasteiger charge is 2.12. The molecule has 3 aromatic rings. The minimum Gasteiger partial charge on any atom is -0.507 e. The number of aromatic nitrogens is 1. The van der Waals surface area contributed by atoms with Crippen LogP contribution in [0.4, 0.5) is 0 Å². The molecule has 1 aromatic heterocycles. The number of carbonyl (C=O) groups excluding carboxylic acids is 1. The third-order valence-electron chi connectivity index (χ3n) is 2.95. The van der Waals surface area contributed by atoms with Crippen LogP contribution in [0.1, 0.15) is 10.4 Å². The number of rotatable bonds is 1. The molecule has 0 spiro atoms. The number of phenolic OH excluding ortho intramolecular Hbond substituents is 1. The van der Waals surface area contributed by atoms with Gasteiger partial charge in [-0.05, 0) is 30.3 Å². The van der Waals surface area contributed by atoms with Crippen molar-refractivity contribution in [2.24, 2.45) is 0 Å². The van der Waals surface area contributed by atoms with Gasteiger partial charge >= 0.3 is 0 Å². The lowest BCUT2D eigenvalue weighted by molar-refractivity contribution is 0.0965. The van der Waals surface area contributed by atoms with E-state index in [-0.39, 0.29) is 11.7 Å². The molecule has 0 fully saturated rings. The zero-order valence-electron chi connectivity index (χ0n) is 9.58. The van der Waals surface area contributed by atoms with Crippen LogP contribution in [0, 0.1) is 0 Å². The second-order valence-corrected chi connectivity index (χ2v) is 4.07. The molecule has 0 saturated heterocycles. The minimum absolute atomic E-state index is 0.101. The predicted octanol–water partition coefficient (Wildman–Crippen LogP) is 3.04. The van der Waals surface area contributed by atoms with Crippen molar-refractivity contribution in [3.8, 4) is 5.75 Å². The van der Waals surface area contributed by atoms with Crippen LogP contribution in [-0.4, -0.2) is 15.6 Å². The van der Waals surface area contributed by atoms with Crippen molar-refractivity contribution >= 4 is 16.8 Å². The van der Waals surface area contributed by atoms with E-state index in [0.29, 0.717) is 16.5 Å². The first-order chi connectivity index (χ1) is 8.77. The van der Waals surface area contributed by atoms with Crippen molar-refractivity contribution in [1.82, 2.24) is 4.57 Å². The van der Waals surface area contributed by atoms with Crippen LogP contribution < -0.4 is 0 Å². The highest BCUT2D eigenvalue weighted by atomic mass is 16.3. The maximum atomic E-state index is 12.3. The van der Waals surface area contributed by atoms with Crippen LogP contribution in [-0.2, 0) is 0 Å². The fourth-order valence-electron chi connectivity index (χ4n) is 2.05. The van der Waals surface area contributed by atoms with Crippen molar-refractivity contribution < 1.29 is 9.90 Å². The number of nitrogens with zero attached hydrogens (tertiary/aromatic N) is 1. The van der Waals surface area contributed by atoms with Crippen LogP contribution in [0.3, 0.4) is 0 Å². The summed E-state index contributed by atoms with van der Waals surface area (Å²) in [6.45, 7) is 0. The van der Waals surface area contributed by atoms with Crippen LogP contribution in [0.25, 0.3) is 10.9 Å². The Bertz CT molecular complexity index is 714. The highest BCUT2D eigenvalue weighted by molar-refractivity contribution is 6.03. The van der Waals surface area contributed by atoms with Gasteiger partial charge in [0.05, 0.1) is 5.52 Å². The summed E-state index contributed by atoms with van der Waals surface area (Å²) in [4.78, 5) is 12.3. The maximum absolute atomic E-state index is 12.3. The Hall–Kier alpha value is -2.55. The van der Waals surface area contributed by atoms with Gasteiger partial charge in [0.25, 0.3) is 5.91 Å². The number of benzene rings is 2. The summed E-state index contributed by atoms with van der Waals surface area (Å²) in [5.41, 5.74) is 1.34. The van der Waals surface area contributed by atoms with Gasteiger partial charge in [0.2, 0.25) is 0 Å². The molecule has 2 aromatic carbocycles. The standard InChI is InChI=1S/C15H11NO2/c17-14-8-4-7-13-12(14)9-10-16(13)15(18)11-5-2-1-3-6-11/h1-10,17H. The quantitative estimate of drug-likeness (QED) is 0.706. The Labute approximate surface area is 104 Å². The first kappa shape index (κ1) is 10.6. The van der Waals surface area contributed by atoms with E-state index in [1.807, 2.05) is 24.3 Å². The maximum Gasteiger partial charge on any atom is 0.262 e. The van der Waals surface area contributed by atoms with Gasteiger partial charge in [-0.25, -0.2) is 0 Å². The summed E-state index contributed by atoms with van der Waals surface area (Å²) in [5.74, 6) is 0.0864. The number of hydrogen-bond donors (Lipinski definition) is 1. The monoisotopic (exact) mass is 237 g/mol. The Kier molecular flexibility index (Phi) is 2.38.